The fraction of sp³-hybridized carbons (Fsp3) is 0.286. The standard InChI is InChI=1S/C21H25N3/c1-3-24(4-2)20-14-16-23-21-18(20)11-8-12-19(21)22-15-13-17-9-6-5-7-10-17/h5-12,14,16,22H,3-4,13,15H2,1-2H3. The summed E-state index contributed by atoms with van der Waals surface area (Å²) < 4.78 is 0. The van der Waals surface area contributed by atoms with Crippen molar-refractivity contribution < 1.29 is 0 Å². The average molecular weight is 319 g/mol. The third kappa shape index (κ3) is 3.51. The second kappa shape index (κ2) is 7.82. The first-order valence-electron chi connectivity index (χ1n) is 8.74. The minimum atomic E-state index is 0.903. The number of benzene rings is 2. The summed E-state index contributed by atoms with van der Waals surface area (Å²) in [4.78, 5) is 7.00. The molecule has 3 rings (SSSR count). The summed E-state index contributed by atoms with van der Waals surface area (Å²) in [5, 5.41) is 4.77. The van der Waals surface area contributed by atoms with Gasteiger partial charge < -0.3 is 10.2 Å². The topological polar surface area (TPSA) is 28.2 Å². The molecule has 0 spiro atoms. The molecule has 0 atom stereocenters. The maximum atomic E-state index is 4.63. The number of aromatic nitrogens is 1. The Bertz CT molecular complexity index is 779. The molecule has 0 fully saturated rings. The molecule has 0 aliphatic carbocycles. The quantitative estimate of drug-likeness (QED) is 0.682. The van der Waals surface area contributed by atoms with Gasteiger partial charge in [0.25, 0.3) is 0 Å². The predicted molar refractivity (Wildman–Crippen MR) is 104 cm³/mol. The van der Waals surface area contributed by atoms with Crippen molar-refractivity contribution in [3.63, 3.8) is 0 Å². The zero-order valence-corrected chi connectivity index (χ0v) is 14.5. The average Bonchev–Trinajstić information content (AvgIpc) is 2.64. The van der Waals surface area contributed by atoms with Crippen LogP contribution in [-0.2, 0) is 6.42 Å². The number of para-hydroxylation sites is 1. The van der Waals surface area contributed by atoms with Gasteiger partial charge in [0.2, 0.25) is 0 Å². The molecule has 24 heavy (non-hydrogen) atoms. The van der Waals surface area contributed by atoms with Crippen molar-refractivity contribution in [3.8, 4) is 0 Å². The zero-order valence-electron chi connectivity index (χ0n) is 14.5. The van der Waals surface area contributed by atoms with E-state index in [4.69, 9.17) is 0 Å². The molecule has 1 heterocycles. The van der Waals surface area contributed by atoms with Crippen LogP contribution in [-0.4, -0.2) is 24.6 Å². The van der Waals surface area contributed by atoms with Crippen molar-refractivity contribution in [1.82, 2.24) is 4.98 Å². The SMILES string of the molecule is CCN(CC)c1ccnc2c(NCCc3ccccc3)cccc12. The van der Waals surface area contributed by atoms with E-state index in [-0.39, 0.29) is 0 Å². The molecule has 0 unspecified atom stereocenters. The molecule has 3 aromatic rings. The zero-order chi connectivity index (χ0) is 16.8. The van der Waals surface area contributed by atoms with E-state index >= 15 is 0 Å². The van der Waals surface area contributed by atoms with E-state index < -0.39 is 0 Å². The summed E-state index contributed by atoms with van der Waals surface area (Å²) in [6.07, 6.45) is 2.92. The summed E-state index contributed by atoms with van der Waals surface area (Å²) >= 11 is 0. The minimum absolute atomic E-state index is 0.903. The molecule has 3 nitrogen and oxygen atoms in total. The van der Waals surface area contributed by atoms with Gasteiger partial charge in [0.15, 0.2) is 0 Å². The monoisotopic (exact) mass is 319 g/mol. The van der Waals surface area contributed by atoms with E-state index in [1.165, 1.54) is 16.6 Å². The fourth-order valence-corrected chi connectivity index (χ4v) is 3.13. The molecule has 0 amide bonds. The Balaban J connectivity index is 1.82. The van der Waals surface area contributed by atoms with E-state index in [0.29, 0.717) is 0 Å². The van der Waals surface area contributed by atoms with Crippen LogP contribution in [0.3, 0.4) is 0 Å². The Morgan fingerprint density at radius 1 is 0.917 bits per heavy atom. The van der Waals surface area contributed by atoms with Gasteiger partial charge in [-0.15, -0.1) is 0 Å². The van der Waals surface area contributed by atoms with Crippen molar-refractivity contribution in [2.24, 2.45) is 0 Å². The number of hydrogen-bond acceptors (Lipinski definition) is 3. The molecule has 124 valence electrons. The molecular formula is C21H25N3. The lowest BCUT2D eigenvalue weighted by atomic mass is 10.1. The van der Waals surface area contributed by atoms with Crippen molar-refractivity contribution >= 4 is 22.3 Å². The number of fused-ring (bicyclic) bond motifs is 1. The number of nitrogens with one attached hydrogen (secondary N) is 1. The Hall–Kier alpha value is -2.55. The Morgan fingerprint density at radius 3 is 2.46 bits per heavy atom. The van der Waals surface area contributed by atoms with Crippen molar-refractivity contribution in [1.29, 1.82) is 0 Å². The van der Waals surface area contributed by atoms with E-state index in [1.807, 2.05) is 6.20 Å². The molecule has 2 aromatic carbocycles. The summed E-state index contributed by atoms with van der Waals surface area (Å²) in [5.41, 5.74) is 4.77. The fourth-order valence-electron chi connectivity index (χ4n) is 3.13. The van der Waals surface area contributed by atoms with Crippen LogP contribution in [0, 0.1) is 0 Å². The number of hydrogen-bond donors (Lipinski definition) is 1. The van der Waals surface area contributed by atoms with Crippen molar-refractivity contribution in [2.45, 2.75) is 20.3 Å². The van der Waals surface area contributed by atoms with Crippen molar-refractivity contribution in [2.75, 3.05) is 29.9 Å². The molecule has 1 N–H and O–H groups in total. The van der Waals surface area contributed by atoms with Gasteiger partial charge in [-0.3, -0.25) is 4.98 Å². The lowest BCUT2D eigenvalue weighted by Crippen LogP contribution is -2.22. The smallest absolute Gasteiger partial charge is 0.0954 e. The molecule has 1 aromatic heterocycles. The second-order valence-electron chi connectivity index (χ2n) is 5.87. The third-order valence-corrected chi connectivity index (χ3v) is 4.42. The molecule has 0 bridgehead atoms. The number of anilines is 2. The van der Waals surface area contributed by atoms with E-state index in [1.54, 1.807) is 0 Å². The van der Waals surface area contributed by atoms with Gasteiger partial charge >= 0.3 is 0 Å². The lowest BCUT2D eigenvalue weighted by molar-refractivity contribution is 0.870. The molecule has 0 saturated heterocycles. The lowest BCUT2D eigenvalue weighted by Gasteiger charge is -2.23. The first-order chi connectivity index (χ1) is 11.8. The summed E-state index contributed by atoms with van der Waals surface area (Å²) in [6, 6.07) is 19.1. The van der Waals surface area contributed by atoms with Crippen LogP contribution >= 0.6 is 0 Å². The summed E-state index contributed by atoms with van der Waals surface area (Å²) in [5.74, 6) is 0. The van der Waals surface area contributed by atoms with Crippen LogP contribution in [0.25, 0.3) is 10.9 Å². The van der Waals surface area contributed by atoms with Gasteiger partial charge in [-0.1, -0.05) is 42.5 Å². The highest BCUT2D eigenvalue weighted by molar-refractivity contribution is 5.98. The minimum Gasteiger partial charge on any atom is -0.383 e. The van der Waals surface area contributed by atoms with Crippen LogP contribution in [0.2, 0.25) is 0 Å². The Kier molecular flexibility index (Phi) is 5.32. The molecule has 3 heteroatoms. The largest absolute Gasteiger partial charge is 0.383 e. The van der Waals surface area contributed by atoms with Gasteiger partial charge in [-0.05, 0) is 38.0 Å². The number of rotatable bonds is 7. The van der Waals surface area contributed by atoms with Crippen LogP contribution in [0.15, 0.2) is 60.8 Å². The van der Waals surface area contributed by atoms with Gasteiger partial charge in [0.1, 0.15) is 0 Å². The summed E-state index contributed by atoms with van der Waals surface area (Å²) in [7, 11) is 0. The first kappa shape index (κ1) is 16.3. The Morgan fingerprint density at radius 2 is 1.71 bits per heavy atom. The van der Waals surface area contributed by atoms with Crippen LogP contribution in [0.1, 0.15) is 19.4 Å². The van der Waals surface area contributed by atoms with E-state index in [0.717, 1.165) is 37.3 Å². The molecule has 0 saturated carbocycles. The maximum Gasteiger partial charge on any atom is 0.0954 e. The van der Waals surface area contributed by atoms with E-state index in [2.05, 4.69) is 83.6 Å². The molecule has 0 aliphatic rings. The third-order valence-electron chi connectivity index (χ3n) is 4.42. The highest BCUT2D eigenvalue weighted by Crippen LogP contribution is 2.29. The Labute approximate surface area is 144 Å². The normalized spacial score (nSPS) is 10.8. The van der Waals surface area contributed by atoms with Crippen LogP contribution in [0.5, 0.6) is 0 Å². The van der Waals surface area contributed by atoms with Crippen LogP contribution < -0.4 is 10.2 Å². The molecular weight excluding hydrogens is 294 g/mol. The highest BCUT2D eigenvalue weighted by Gasteiger charge is 2.10. The predicted octanol–water partition coefficient (Wildman–Crippen LogP) is 4.74. The highest BCUT2D eigenvalue weighted by atomic mass is 15.1. The number of nitrogens with zero attached hydrogens (tertiary/aromatic N) is 2. The maximum absolute atomic E-state index is 4.63. The van der Waals surface area contributed by atoms with Crippen molar-refractivity contribution in [3.05, 3.63) is 66.4 Å². The van der Waals surface area contributed by atoms with E-state index in [9.17, 15) is 0 Å². The first-order valence-corrected chi connectivity index (χ1v) is 8.74. The van der Waals surface area contributed by atoms with Gasteiger partial charge in [0, 0.05) is 36.9 Å². The number of pyridine rings is 1. The van der Waals surface area contributed by atoms with Crippen LogP contribution in [0.4, 0.5) is 11.4 Å². The second-order valence-corrected chi connectivity index (χ2v) is 5.87. The van der Waals surface area contributed by atoms with Gasteiger partial charge in [-0.25, -0.2) is 0 Å². The van der Waals surface area contributed by atoms with Gasteiger partial charge in [0.05, 0.1) is 11.2 Å². The van der Waals surface area contributed by atoms with Gasteiger partial charge in [-0.2, -0.15) is 0 Å². The molecule has 0 radical (unpaired) electrons. The summed E-state index contributed by atoms with van der Waals surface area (Å²) in [6.45, 7) is 7.29. The molecule has 0 aliphatic heterocycles.